The Morgan fingerprint density at radius 2 is 1.36 bits per heavy atom. The largest absolute Gasteiger partial charge is 0.307 e. The Kier molecular flexibility index (Phi) is 3.32. The molecule has 0 amide bonds. The smallest absolute Gasteiger partial charge is 0.177 e. The monoisotopic (exact) mass is 420 g/mol. The summed E-state index contributed by atoms with van der Waals surface area (Å²) in [4.78, 5) is 13.4. The van der Waals surface area contributed by atoms with Crippen LogP contribution in [0.3, 0.4) is 0 Å². The lowest BCUT2D eigenvalue weighted by Crippen LogP contribution is -1.97. The van der Waals surface area contributed by atoms with Gasteiger partial charge in [0.15, 0.2) is 11.4 Å². The van der Waals surface area contributed by atoms with E-state index in [0.717, 1.165) is 44.0 Å². The van der Waals surface area contributed by atoms with Crippen LogP contribution in [0.25, 0.3) is 60.8 Å². The molecule has 0 fully saturated rings. The maximum Gasteiger partial charge on any atom is 0.177 e. The van der Waals surface area contributed by atoms with E-state index in [1.807, 2.05) is 60.9 Å². The van der Waals surface area contributed by atoms with E-state index in [9.17, 15) is 10.5 Å². The van der Waals surface area contributed by atoms with Gasteiger partial charge in [-0.25, -0.2) is 9.97 Å². The van der Waals surface area contributed by atoms with Crippen LogP contribution in [0.2, 0.25) is 0 Å². The highest BCUT2D eigenvalue weighted by atomic mass is 15.0. The average molecular weight is 420 g/mol. The third-order valence-corrected chi connectivity index (χ3v) is 6.35. The van der Waals surface area contributed by atoms with Crippen molar-refractivity contribution in [1.29, 1.82) is 10.5 Å². The third-order valence-electron chi connectivity index (χ3n) is 6.35. The molecular weight excluding hydrogens is 408 g/mol. The molecule has 3 aromatic heterocycles. The lowest BCUT2D eigenvalue weighted by atomic mass is 10.0. The first-order valence-electron chi connectivity index (χ1n) is 10.4. The number of hydrogen-bond donors (Lipinski definition) is 0. The van der Waals surface area contributed by atoms with Gasteiger partial charge in [-0.05, 0) is 24.3 Å². The van der Waals surface area contributed by atoms with Crippen molar-refractivity contribution in [3.05, 3.63) is 84.4 Å². The van der Waals surface area contributed by atoms with Crippen LogP contribution in [-0.4, -0.2) is 19.5 Å². The fraction of sp³-hybridized carbons (Fsp3) is 0. The highest BCUT2D eigenvalue weighted by molar-refractivity contribution is 6.17. The first-order valence-corrected chi connectivity index (χ1v) is 10.4. The van der Waals surface area contributed by atoms with Crippen LogP contribution in [0, 0.1) is 22.7 Å². The molecule has 0 bridgehead atoms. The highest BCUT2D eigenvalue weighted by Crippen LogP contribution is 2.47. The van der Waals surface area contributed by atoms with Crippen molar-refractivity contribution >= 4 is 32.6 Å². The van der Waals surface area contributed by atoms with Gasteiger partial charge in [0.1, 0.15) is 12.1 Å². The Hall–Kier alpha value is -5.07. The van der Waals surface area contributed by atoms with Gasteiger partial charge < -0.3 is 4.57 Å². The van der Waals surface area contributed by atoms with E-state index in [1.54, 1.807) is 0 Å². The molecule has 6 heteroatoms. The molecule has 0 atom stereocenters. The second-order valence-corrected chi connectivity index (χ2v) is 7.95. The standard InChI is InChI=1S/C27H12N6/c28-12-20-21(13-29)32-27-19-8-9-23(17-5-3-6-18(25(17)19)26(27)31-20)33-22-7-2-1-4-15(22)16-10-11-30-14-24(16)33/h1-11,14H. The molecule has 0 saturated carbocycles. The summed E-state index contributed by atoms with van der Waals surface area (Å²) < 4.78 is 2.24. The maximum atomic E-state index is 9.45. The van der Waals surface area contributed by atoms with Crippen molar-refractivity contribution in [3.63, 3.8) is 0 Å². The minimum Gasteiger partial charge on any atom is -0.307 e. The molecule has 6 nitrogen and oxygen atoms in total. The fourth-order valence-corrected chi connectivity index (χ4v) is 5.03. The van der Waals surface area contributed by atoms with E-state index >= 15 is 0 Å². The zero-order valence-electron chi connectivity index (χ0n) is 17.1. The molecule has 0 aliphatic heterocycles. The van der Waals surface area contributed by atoms with E-state index in [-0.39, 0.29) is 11.4 Å². The molecule has 150 valence electrons. The normalized spacial score (nSPS) is 11.6. The van der Waals surface area contributed by atoms with Crippen LogP contribution in [0.4, 0.5) is 0 Å². The third kappa shape index (κ3) is 2.16. The number of para-hydroxylation sites is 1. The molecule has 0 radical (unpaired) electrons. The number of rotatable bonds is 1. The summed E-state index contributed by atoms with van der Waals surface area (Å²) in [6.45, 7) is 0. The number of nitrogens with zero attached hydrogens (tertiary/aromatic N) is 6. The van der Waals surface area contributed by atoms with Crippen LogP contribution < -0.4 is 0 Å². The summed E-state index contributed by atoms with van der Waals surface area (Å²) in [5.74, 6) is 0. The predicted molar refractivity (Wildman–Crippen MR) is 126 cm³/mol. The molecule has 1 aliphatic carbocycles. The summed E-state index contributed by atoms with van der Waals surface area (Å²) >= 11 is 0. The number of benzene rings is 3. The summed E-state index contributed by atoms with van der Waals surface area (Å²) in [5.41, 5.74) is 6.40. The molecule has 1 aliphatic rings. The molecule has 6 aromatic rings. The lowest BCUT2D eigenvalue weighted by Gasteiger charge is -2.12. The molecule has 0 spiro atoms. The minimum atomic E-state index is 0.0507. The molecule has 0 saturated heterocycles. The van der Waals surface area contributed by atoms with E-state index in [4.69, 9.17) is 0 Å². The number of fused-ring (bicyclic) bond motifs is 6. The van der Waals surface area contributed by atoms with Gasteiger partial charge in [-0.2, -0.15) is 10.5 Å². The Labute approximate surface area is 187 Å². The molecular formula is C27H12N6. The average Bonchev–Trinajstić information content (AvgIpc) is 3.37. The molecule has 3 aromatic carbocycles. The van der Waals surface area contributed by atoms with E-state index in [0.29, 0.717) is 11.4 Å². The Bertz CT molecular complexity index is 1800. The number of aromatic nitrogens is 4. The summed E-state index contributed by atoms with van der Waals surface area (Å²) in [5, 5.41) is 23.3. The van der Waals surface area contributed by atoms with Crippen LogP contribution in [0.5, 0.6) is 0 Å². The number of pyridine rings is 1. The van der Waals surface area contributed by atoms with Crippen molar-refractivity contribution in [2.75, 3.05) is 0 Å². The number of nitriles is 2. The van der Waals surface area contributed by atoms with Crippen molar-refractivity contribution in [3.8, 4) is 40.3 Å². The van der Waals surface area contributed by atoms with E-state index in [1.165, 1.54) is 5.39 Å². The molecule has 3 heterocycles. The number of hydrogen-bond acceptors (Lipinski definition) is 5. The SMILES string of the molecule is N#Cc1nc2c(nc1C#N)-c1ccc(-n3c4ccccc4c4ccncc43)c3cccc-2c13. The first-order chi connectivity index (χ1) is 16.3. The molecule has 0 unspecified atom stereocenters. The Morgan fingerprint density at radius 1 is 0.667 bits per heavy atom. The van der Waals surface area contributed by atoms with Gasteiger partial charge in [0.05, 0.1) is 34.3 Å². The van der Waals surface area contributed by atoms with Crippen LogP contribution >= 0.6 is 0 Å². The molecule has 33 heavy (non-hydrogen) atoms. The fourth-order valence-electron chi connectivity index (χ4n) is 5.03. The Morgan fingerprint density at radius 3 is 2.15 bits per heavy atom. The van der Waals surface area contributed by atoms with E-state index in [2.05, 4.69) is 43.8 Å². The van der Waals surface area contributed by atoms with Crippen LogP contribution in [-0.2, 0) is 0 Å². The summed E-state index contributed by atoms with van der Waals surface area (Å²) in [7, 11) is 0. The zero-order valence-corrected chi connectivity index (χ0v) is 17.1. The zero-order chi connectivity index (χ0) is 22.1. The molecule has 0 N–H and O–H groups in total. The van der Waals surface area contributed by atoms with Gasteiger partial charge in [-0.3, -0.25) is 4.98 Å². The predicted octanol–water partition coefficient (Wildman–Crippen LogP) is 5.51. The van der Waals surface area contributed by atoms with Crippen LogP contribution in [0.15, 0.2) is 73.1 Å². The van der Waals surface area contributed by atoms with Gasteiger partial charge in [0.2, 0.25) is 0 Å². The van der Waals surface area contributed by atoms with Gasteiger partial charge in [0.25, 0.3) is 0 Å². The quantitative estimate of drug-likeness (QED) is 0.349. The van der Waals surface area contributed by atoms with Gasteiger partial charge in [0, 0.05) is 38.9 Å². The first kappa shape index (κ1) is 17.6. The maximum absolute atomic E-state index is 9.45. The summed E-state index contributed by atoms with van der Waals surface area (Å²) in [6, 6.07) is 24.6. The van der Waals surface area contributed by atoms with Gasteiger partial charge >= 0.3 is 0 Å². The topological polar surface area (TPSA) is 91.2 Å². The Balaban J connectivity index is 1.61. The summed E-state index contributed by atoms with van der Waals surface area (Å²) in [6.07, 6.45) is 3.72. The highest BCUT2D eigenvalue weighted by Gasteiger charge is 2.28. The van der Waals surface area contributed by atoms with Gasteiger partial charge in [-0.15, -0.1) is 0 Å². The van der Waals surface area contributed by atoms with Crippen molar-refractivity contribution in [2.45, 2.75) is 0 Å². The van der Waals surface area contributed by atoms with Gasteiger partial charge in [-0.1, -0.05) is 36.4 Å². The van der Waals surface area contributed by atoms with E-state index < -0.39 is 0 Å². The molecule has 7 rings (SSSR count). The van der Waals surface area contributed by atoms with Crippen LogP contribution in [0.1, 0.15) is 11.4 Å². The van der Waals surface area contributed by atoms with Crippen molar-refractivity contribution in [1.82, 2.24) is 19.5 Å². The van der Waals surface area contributed by atoms with Crippen molar-refractivity contribution in [2.24, 2.45) is 0 Å². The van der Waals surface area contributed by atoms with Crippen molar-refractivity contribution < 1.29 is 0 Å². The minimum absolute atomic E-state index is 0.0507. The second kappa shape index (κ2) is 6.23. The second-order valence-electron chi connectivity index (χ2n) is 7.95. The lowest BCUT2D eigenvalue weighted by molar-refractivity contribution is 1.15.